The lowest BCUT2D eigenvalue weighted by molar-refractivity contribution is 0.0953. The average molecular weight is 317 g/mol. The van der Waals surface area contributed by atoms with Crippen LogP contribution in [0.2, 0.25) is 0 Å². The minimum absolute atomic E-state index is 0.114. The Kier molecular flexibility index (Phi) is 6.44. The SMILES string of the molecule is CCCNC(=O)c1cccc(NC(=O)N[C@@H]2CCCC[C@@H]2C)c1. The fraction of sp³-hybridized carbons (Fsp3) is 0.556. The van der Waals surface area contributed by atoms with Crippen LogP contribution < -0.4 is 16.0 Å². The highest BCUT2D eigenvalue weighted by atomic mass is 16.2. The van der Waals surface area contributed by atoms with Crippen LogP contribution in [-0.2, 0) is 0 Å². The van der Waals surface area contributed by atoms with Gasteiger partial charge in [-0.25, -0.2) is 4.79 Å². The van der Waals surface area contributed by atoms with E-state index < -0.39 is 0 Å². The molecule has 0 aliphatic heterocycles. The number of hydrogen-bond donors (Lipinski definition) is 3. The second-order valence-electron chi connectivity index (χ2n) is 6.30. The molecular weight excluding hydrogens is 290 g/mol. The maximum absolute atomic E-state index is 12.2. The predicted octanol–water partition coefficient (Wildman–Crippen LogP) is 3.53. The van der Waals surface area contributed by atoms with Crippen molar-refractivity contribution in [3.05, 3.63) is 29.8 Å². The summed E-state index contributed by atoms with van der Waals surface area (Å²) in [6.45, 7) is 4.84. The van der Waals surface area contributed by atoms with E-state index in [0.29, 0.717) is 23.7 Å². The van der Waals surface area contributed by atoms with Crippen molar-refractivity contribution < 1.29 is 9.59 Å². The first kappa shape index (κ1) is 17.3. The van der Waals surface area contributed by atoms with Gasteiger partial charge in [-0.1, -0.05) is 32.8 Å². The Hall–Kier alpha value is -2.04. The van der Waals surface area contributed by atoms with Crippen LogP contribution >= 0.6 is 0 Å². The van der Waals surface area contributed by atoms with Gasteiger partial charge in [-0.15, -0.1) is 0 Å². The topological polar surface area (TPSA) is 70.2 Å². The van der Waals surface area contributed by atoms with Gasteiger partial charge in [0.2, 0.25) is 0 Å². The van der Waals surface area contributed by atoms with E-state index in [1.807, 2.05) is 6.92 Å². The molecular formula is C18H27N3O2. The maximum atomic E-state index is 12.2. The Morgan fingerprint density at radius 2 is 2.00 bits per heavy atom. The lowest BCUT2D eigenvalue weighted by Crippen LogP contribution is -2.43. The number of carbonyl (C=O) groups is 2. The van der Waals surface area contributed by atoms with Crippen molar-refractivity contribution >= 4 is 17.6 Å². The van der Waals surface area contributed by atoms with Crippen molar-refractivity contribution in [2.75, 3.05) is 11.9 Å². The molecule has 1 saturated carbocycles. The predicted molar refractivity (Wildman–Crippen MR) is 92.6 cm³/mol. The highest BCUT2D eigenvalue weighted by molar-refractivity contribution is 5.96. The third kappa shape index (κ3) is 5.27. The summed E-state index contributed by atoms with van der Waals surface area (Å²) in [4.78, 5) is 24.1. The van der Waals surface area contributed by atoms with E-state index >= 15 is 0 Å². The third-order valence-corrected chi connectivity index (χ3v) is 4.35. The van der Waals surface area contributed by atoms with Gasteiger partial charge in [-0.2, -0.15) is 0 Å². The highest BCUT2D eigenvalue weighted by Gasteiger charge is 2.22. The Bertz CT molecular complexity index is 545. The van der Waals surface area contributed by atoms with Crippen molar-refractivity contribution in [3.8, 4) is 0 Å². The fourth-order valence-corrected chi connectivity index (χ4v) is 2.95. The van der Waals surface area contributed by atoms with E-state index in [2.05, 4.69) is 22.9 Å². The number of anilines is 1. The molecule has 0 spiro atoms. The minimum atomic E-state index is -0.199. The molecule has 5 nitrogen and oxygen atoms in total. The first-order valence-corrected chi connectivity index (χ1v) is 8.56. The number of benzene rings is 1. The minimum Gasteiger partial charge on any atom is -0.352 e. The molecule has 1 aromatic rings. The molecule has 5 heteroatoms. The second kappa shape index (κ2) is 8.56. The molecule has 1 aromatic carbocycles. The molecule has 3 N–H and O–H groups in total. The largest absolute Gasteiger partial charge is 0.352 e. The molecule has 1 aliphatic rings. The summed E-state index contributed by atoms with van der Waals surface area (Å²) in [6.07, 6.45) is 5.51. The first-order valence-electron chi connectivity index (χ1n) is 8.56. The monoisotopic (exact) mass is 317 g/mol. The van der Waals surface area contributed by atoms with Gasteiger partial charge < -0.3 is 16.0 Å². The van der Waals surface area contributed by atoms with Gasteiger partial charge >= 0.3 is 6.03 Å². The van der Waals surface area contributed by atoms with Gasteiger partial charge in [0.1, 0.15) is 0 Å². The number of amides is 3. The maximum Gasteiger partial charge on any atom is 0.319 e. The third-order valence-electron chi connectivity index (χ3n) is 4.35. The lowest BCUT2D eigenvalue weighted by Gasteiger charge is -2.29. The number of urea groups is 1. The van der Waals surface area contributed by atoms with E-state index in [-0.39, 0.29) is 18.0 Å². The van der Waals surface area contributed by atoms with Crippen molar-refractivity contribution in [1.82, 2.24) is 10.6 Å². The normalized spacial score (nSPS) is 20.6. The number of hydrogen-bond acceptors (Lipinski definition) is 2. The number of rotatable bonds is 5. The van der Waals surface area contributed by atoms with Gasteiger partial charge in [-0.05, 0) is 43.4 Å². The Labute approximate surface area is 138 Å². The van der Waals surface area contributed by atoms with Crippen LogP contribution in [0.5, 0.6) is 0 Å². The zero-order chi connectivity index (χ0) is 16.7. The number of carbonyl (C=O) groups excluding carboxylic acids is 2. The van der Waals surface area contributed by atoms with Gasteiger partial charge in [0, 0.05) is 23.8 Å². The Balaban J connectivity index is 1.91. The van der Waals surface area contributed by atoms with Crippen LogP contribution in [0.1, 0.15) is 56.3 Å². The average Bonchev–Trinajstić information content (AvgIpc) is 2.55. The highest BCUT2D eigenvalue weighted by Crippen LogP contribution is 2.23. The molecule has 0 aromatic heterocycles. The molecule has 1 aliphatic carbocycles. The van der Waals surface area contributed by atoms with E-state index in [4.69, 9.17) is 0 Å². The lowest BCUT2D eigenvalue weighted by atomic mass is 9.86. The first-order chi connectivity index (χ1) is 11.1. The van der Waals surface area contributed by atoms with Crippen molar-refractivity contribution in [2.45, 2.75) is 52.0 Å². The molecule has 0 unspecified atom stereocenters. The molecule has 0 heterocycles. The van der Waals surface area contributed by atoms with Crippen LogP contribution in [0, 0.1) is 5.92 Å². The summed E-state index contributed by atoms with van der Waals surface area (Å²) in [5, 5.41) is 8.71. The van der Waals surface area contributed by atoms with E-state index in [1.165, 1.54) is 12.8 Å². The summed E-state index contributed by atoms with van der Waals surface area (Å²) in [5.74, 6) is 0.400. The van der Waals surface area contributed by atoms with Gasteiger partial charge in [0.05, 0.1) is 0 Å². The van der Waals surface area contributed by atoms with Crippen molar-refractivity contribution in [2.24, 2.45) is 5.92 Å². The molecule has 126 valence electrons. The fourth-order valence-electron chi connectivity index (χ4n) is 2.95. The summed E-state index contributed by atoms with van der Waals surface area (Å²) in [5.41, 5.74) is 1.19. The van der Waals surface area contributed by atoms with Crippen LogP contribution in [0.3, 0.4) is 0 Å². The molecule has 2 rings (SSSR count). The van der Waals surface area contributed by atoms with Gasteiger partial charge in [-0.3, -0.25) is 4.79 Å². The van der Waals surface area contributed by atoms with E-state index in [0.717, 1.165) is 19.3 Å². The molecule has 0 bridgehead atoms. The van der Waals surface area contributed by atoms with Crippen molar-refractivity contribution in [1.29, 1.82) is 0 Å². The summed E-state index contributed by atoms with van der Waals surface area (Å²) >= 11 is 0. The molecule has 2 atom stereocenters. The summed E-state index contributed by atoms with van der Waals surface area (Å²) in [6, 6.07) is 7.06. The quantitative estimate of drug-likeness (QED) is 0.777. The zero-order valence-electron chi connectivity index (χ0n) is 14.0. The molecule has 3 amide bonds. The standard InChI is InChI=1S/C18H27N3O2/c1-3-11-19-17(22)14-8-6-9-15(12-14)20-18(23)21-16-10-5-4-7-13(16)2/h6,8-9,12-13,16H,3-5,7,10-11H2,1-2H3,(H,19,22)(H2,20,21,23)/t13-,16+/m0/s1. The van der Waals surface area contributed by atoms with Crippen LogP contribution in [0.4, 0.5) is 10.5 Å². The zero-order valence-corrected chi connectivity index (χ0v) is 14.0. The summed E-state index contributed by atoms with van der Waals surface area (Å²) in [7, 11) is 0. The molecule has 0 saturated heterocycles. The van der Waals surface area contributed by atoms with Crippen molar-refractivity contribution in [3.63, 3.8) is 0 Å². The van der Waals surface area contributed by atoms with Gasteiger partial charge in [0.15, 0.2) is 0 Å². The molecule has 23 heavy (non-hydrogen) atoms. The van der Waals surface area contributed by atoms with E-state index in [1.54, 1.807) is 24.3 Å². The Morgan fingerprint density at radius 1 is 1.22 bits per heavy atom. The smallest absolute Gasteiger partial charge is 0.319 e. The Morgan fingerprint density at radius 3 is 2.74 bits per heavy atom. The van der Waals surface area contributed by atoms with Crippen LogP contribution in [0.25, 0.3) is 0 Å². The van der Waals surface area contributed by atoms with Crippen LogP contribution in [0.15, 0.2) is 24.3 Å². The second-order valence-corrected chi connectivity index (χ2v) is 6.30. The van der Waals surface area contributed by atoms with Gasteiger partial charge in [0.25, 0.3) is 5.91 Å². The molecule has 0 radical (unpaired) electrons. The molecule has 1 fully saturated rings. The van der Waals surface area contributed by atoms with E-state index in [9.17, 15) is 9.59 Å². The number of nitrogens with one attached hydrogen (secondary N) is 3. The summed E-state index contributed by atoms with van der Waals surface area (Å²) < 4.78 is 0. The van der Waals surface area contributed by atoms with Crippen LogP contribution in [-0.4, -0.2) is 24.5 Å².